The summed E-state index contributed by atoms with van der Waals surface area (Å²) >= 11 is 0. The summed E-state index contributed by atoms with van der Waals surface area (Å²) in [6.07, 6.45) is 1.39. The van der Waals surface area contributed by atoms with Gasteiger partial charge >= 0.3 is 5.97 Å². The monoisotopic (exact) mass is 263 g/mol. The Morgan fingerprint density at radius 3 is 2.74 bits per heavy atom. The molecule has 1 rings (SSSR count). The second-order valence-corrected chi connectivity index (χ2v) is 3.91. The van der Waals surface area contributed by atoms with Gasteiger partial charge in [0.25, 0.3) is 0 Å². The van der Waals surface area contributed by atoms with Gasteiger partial charge in [-0.15, -0.1) is 0 Å². The van der Waals surface area contributed by atoms with Crippen LogP contribution in [0.3, 0.4) is 0 Å². The van der Waals surface area contributed by atoms with E-state index in [1.807, 2.05) is 13.0 Å². The Labute approximate surface area is 112 Å². The van der Waals surface area contributed by atoms with Crippen LogP contribution in [0.2, 0.25) is 0 Å². The minimum atomic E-state index is -0.798. The molecule has 0 aliphatic carbocycles. The van der Waals surface area contributed by atoms with Gasteiger partial charge in [-0.25, -0.2) is 0 Å². The molecular formula is C14H17NO4. The molecule has 0 radical (unpaired) electrons. The molecule has 5 nitrogen and oxygen atoms in total. The molecule has 0 saturated heterocycles. The molecule has 0 spiro atoms. The van der Waals surface area contributed by atoms with Crippen molar-refractivity contribution in [1.29, 1.82) is 5.26 Å². The van der Waals surface area contributed by atoms with E-state index in [0.717, 1.165) is 0 Å². The Balaban J connectivity index is 2.52. The minimum absolute atomic E-state index is 0.148. The molecule has 0 saturated carbocycles. The summed E-state index contributed by atoms with van der Waals surface area (Å²) in [6, 6.07) is 7.03. The SMILES string of the molecule is CCOc1cc(C#N)ccc1OCCCCC(=O)O. The van der Waals surface area contributed by atoms with Crippen molar-refractivity contribution >= 4 is 5.97 Å². The average molecular weight is 263 g/mol. The fraction of sp³-hybridized carbons (Fsp3) is 0.429. The van der Waals surface area contributed by atoms with Gasteiger partial charge in [0, 0.05) is 12.5 Å². The van der Waals surface area contributed by atoms with Gasteiger partial charge in [-0.05, 0) is 31.9 Å². The van der Waals surface area contributed by atoms with Crippen molar-refractivity contribution in [3.8, 4) is 17.6 Å². The number of unbranched alkanes of at least 4 members (excludes halogenated alkanes) is 1. The van der Waals surface area contributed by atoms with E-state index in [1.165, 1.54) is 0 Å². The van der Waals surface area contributed by atoms with Crippen molar-refractivity contribution in [2.75, 3.05) is 13.2 Å². The molecule has 0 fully saturated rings. The van der Waals surface area contributed by atoms with Crippen molar-refractivity contribution in [3.05, 3.63) is 23.8 Å². The first-order valence-electron chi connectivity index (χ1n) is 6.19. The van der Waals surface area contributed by atoms with Crippen LogP contribution in [-0.2, 0) is 4.79 Å². The van der Waals surface area contributed by atoms with Gasteiger partial charge in [-0.1, -0.05) is 0 Å². The van der Waals surface area contributed by atoms with E-state index in [-0.39, 0.29) is 6.42 Å². The van der Waals surface area contributed by atoms with E-state index in [1.54, 1.807) is 18.2 Å². The summed E-state index contributed by atoms with van der Waals surface area (Å²) in [5, 5.41) is 17.3. The van der Waals surface area contributed by atoms with Crippen molar-refractivity contribution < 1.29 is 19.4 Å². The number of carboxylic acids is 1. The van der Waals surface area contributed by atoms with Crippen LogP contribution in [0.5, 0.6) is 11.5 Å². The van der Waals surface area contributed by atoms with Crippen molar-refractivity contribution in [2.24, 2.45) is 0 Å². The first kappa shape index (κ1) is 14.8. The van der Waals surface area contributed by atoms with Crippen LogP contribution in [0.25, 0.3) is 0 Å². The lowest BCUT2D eigenvalue weighted by Crippen LogP contribution is -2.02. The quantitative estimate of drug-likeness (QED) is 0.729. The highest BCUT2D eigenvalue weighted by atomic mass is 16.5. The molecule has 5 heteroatoms. The van der Waals surface area contributed by atoms with E-state index < -0.39 is 5.97 Å². The van der Waals surface area contributed by atoms with Crippen LogP contribution >= 0.6 is 0 Å². The molecule has 19 heavy (non-hydrogen) atoms. The molecule has 0 atom stereocenters. The molecule has 0 bridgehead atoms. The average Bonchev–Trinajstić information content (AvgIpc) is 2.39. The van der Waals surface area contributed by atoms with Gasteiger partial charge < -0.3 is 14.6 Å². The number of hydrogen-bond acceptors (Lipinski definition) is 4. The normalized spacial score (nSPS) is 9.68. The summed E-state index contributed by atoms with van der Waals surface area (Å²) in [5.41, 5.74) is 0.515. The molecule has 0 aromatic heterocycles. The molecule has 0 amide bonds. The second-order valence-electron chi connectivity index (χ2n) is 3.91. The number of nitriles is 1. The van der Waals surface area contributed by atoms with Gasteiger partial charge in [0.2, 0.25) is 0 Å². The van der Waals surface area contributed by atoms with Gasteiger partial charge in [0.05, 0.1) is 24.8 Å². The third kappa shape index (κ3) is 5.30. The predicted molar refractivity (Wildman–Crippen MR) is 69.3 cm³/mol. The van der Waals surface area contributed by atoms with Crippen LogP contribution in [0.4, 0.5) is 0 Å². The van der Waals surface area contributed by atoms with Gasteiger partial charge in [-0.2, -0.15) is 5.26 Å². The van der Waals surface area contributed by atoms with E-state index in [4.69, 9.17) is 19.8 Å². The van der Waals surface area contributed by atoms with Gasteiger partial charge in [0.15, 0.2) is 11.5 Å². The third-order valence-electron chi connectivity index (χ3n) is 2.42. The lowest BCUT2D eigenvalue weighted by molar-refractivity contribution is -0.137. The summed E-state index contributed by atoms with van der Waals surface area (Å²) in [4.78, 5) is 10.4. The first-order valence-corrected chi connectivity index (χ1v) is 6.19. The highest BCUT2D eigenvalue weighted by Gasteiger charge is 2.06. The maximum Gasteiger partial charge on any atom is 0.303 e. The highest BCUT2D eigenvalue weighted by Crippen LogP contribution is 2.28. The number of nitrogens with zero attached hydrogens (tertiary/aromatic N) is 1. The molecule has 1 aromatic rings. The summed E-state index contributed by atoms with van der Waals surface area (Å²) in [6.45, 7) is 2.78. The van der Waals surface area contributed by atoms with Crippen molar-refractivity contribution in [2.45, 2.75) is 26.2 Å². The predicted octanol–water partition coefficient (Wildman–Crippen LogP) is 2.59. The van der Waals surface area contributed by atoms with E-state index in [9.17, 15) is 4.79 Å². The number of rotatable bonds is 8. The smallest absolute Gasteiger partial charge is 0.303 e. The Morgan fingerprint density at radius 1 is 1.32 bits per heavy atom. The number of aliphatic carboxylic acids is 1. The van der Waals surface area contributed by atoms with E-state index in [2.05, 4.69) is 0 Å². The molecule has 0 heterocycles. The third-order valence-corrected chi connectivity index (χ3v) is 2.42. The summed E-state index contributed by atoms with van der Waals surface area (Å²) < 4.78 is 10.9. The molecule has 1 aromatic carbocycles. The first-order chi connectivity index (χ1) is 9.17. The zero-order valence-electron chi connectivity index (χ0n) is 10.9. The molecule has 0 unspecified atom stereocenters. The van der Waals surface area contributed by atoms with Gasteiger partial charge in [0.1, 0.15) is 0 Å². The number of carboxylic acid groups (broad SMARTS) is 1. The zero-order valence-corrected chi connectivity index (χ0v) is 10.9. The lowest BCUT2D eigenvalue weighted by Gasteiger charge is -2.11. The molecule has 0 aliphatic heterocycles. The molecule has 0 aliphatic rings. The zero-order chi connectivity index (χ0) is 14.1. The number of benzene rings is 1. The van der Waals surface area contributed by atoms with Crippen molar-refractivity contribution in [3.63, 3.8) is 0 Å². The van der Waals surface area contributed by atoms with Crippen LogP contribution in [0.15, 0.2) is 18.2 Å². The van der Waals surface area contributed by atoms with Crippen LogP contribution < -0.4 is 9.47 Å². The maximum atomic E-state index is 10.4. The standard InChI is InChI=1S/C14H17NO4/c1-2-18-13-9-11(10-15)6-7-12(13)19-8-4-3-5-14(16)17/h6-7,9H,2-5,8H2,1H3,(H,16,17). The molecular weight excluding hydrogens is 246 g/mol. The molecule has 1 N–H and O–H groups in total. The Hall–Kier alpha value is -2.22. The Morgan fingerprint density at radius 2 is 2.11 bits per heavy atom. The van der Waals surface area contributed by atoms with Crippen molar-refractivity contribution in [1.82, 2.24) is 0 Å². The number of ether oxygens (including phenoxy) is 2. The fourth-order valence-electron chi connectivity index (χ4n) is 1.53. The minimum Gasteiger partial charge on any atom is -0.490 e. The van der Waals surface area contributed by atoms with E-state index >= 15 is 0 Å². The Bertz CT molecular complexity index is 465. The van der Waals surface area contributed by atoms with E-state index in [0.29, 0.717) is 43.1 Å². The maximum absolute atomic E-state index is 10.4. The highest BCUT2D eigenvalue weighted by molar-refractivity contribution is 5.66. The summed E-state index contributed by atoms with van der Waals surface area (Å²) in [7, 11) is 0. The largest absolute Gasteiger partial charge is 0.490 e. The fourth-order valence-corrected chi connectivity index (χ4v) is 1.53. The topological polar surface area (TPSA) is 79.5 Å². The lowest BCUT2D eigenvalue weighted by atomic mass is 10.2. The van der Waals surface area contributed by atoms with Gasteiger partial charge in [-0.3, -0.25) is 4.79 Å². The Kier molecular flexibility index (Phi) is 6.23. The van der Waals surface area contributed by atoms with Crippen LogP contribution in [0.1, 0.15) is 31.7 Å². The molecule has 102 valence electrons. The van der Waals surface area contributed by atoms with Crippen LogP contribution in [0, 0.1) is 11.3 Å². The second kappa shape index (κ2) is 7.98. The number of carbonyl (C=O) groups is 1. The van der Waals surface area contributed by atoms with Crippen LogP contribution in [-0.4, -0.2) is 24.3 Å². The summed E-state index contributed by atoms with van der Waals surface area (Å²) in [5.74, 6) is 0.323. The number of hydrogen-bond donors (Lipinski definition) is 1.